The molecule has 5 heteroatoms. The number of amides is 2. The van der Waals surface area contributed by atoms with Crippen LogP contribution >= 0.6 is 11.3 Å². The van der Waals surface area contributed by atoms with Gasteiger partial charge in [0.2, 0.25) is 5.91 Å². The molecule has 0 unspecified atom stereocenters. The van der Waals surface area contributed by atoms with E-state index in [0.29, 0.717) is 19.6 Å². The number of thiophene rings is 1. The van der Waals surface area contributed by atoms with Crippen molar-refractivity contribution in [2.24, 2.45) is 0 Å². The van der Waals surface area contributed by atoms with Crippen LogP contribution in [0.1, 0.15) is 66.1 Å². The zero-order valence-electron chi connectivity index (χ0n) is 15.1. The van der Waals surface area contributed by atoms with E-state index >= 15 is 0 Å². The molecule has 132 valence electrons. The summed E-state index contributed by atoms with van der Waals surface area (Å²) in [4.78, 5) is 31.3. The minimum atomic E-state index is -0.127. The zero-order chi connectivity index (χ0) is 17.3. The van der Waals surface area contributed by atoms with Crippen molar-refractivity contribution in [3.63, 3.8) is 0 Å². The van der Waals surface area contributed by atoms with Crippen molar-refractivity contribution in [1.29, 1.82) is 0 Å². The Balaban J connectivity index is 1.82. The largest absolute Gasteiger partial charge is 0.334 e. The normalized spacial score (nSPS) is 20.5. The molecule has 2 aliphatic rings. The molecule has 2 amide bonds. The van der Waals surface area contributed by atoms with Crippen molar-refractivity contribution in [3.05, 3.63) is 21.4 Å². The maximum Gasteiger partial charge on any atom is 0.264 e. The fraction of sp³-hybridized carbons (Fsp3) is 0.684. The van der Waals surface area contributed by atoms with Gasteiger partial charge in [0.05, 0.1) is 10.4 Å². The van der Waals surface area contributed by atoms with Crippen molar-refractivity contribution in [2.45, 2.75) is 64.8 Å². The monoisotopic (exact) mass is 348 g/mol. The van der Waals surface area contributed by atoms with E-state index in [2.05, 4.69) is 19.9 Å². The molecule has 2 fully saturated rings. The van der Waals surface area contributed by atoms with Crippen molar-refractivity contribution in [3.8, 4) is 0 Å². The first-order valence-electron chi connectivity index (χ1n) is 9.13. The third-order valence-corrected chi connectivity index (χ3v) is 6.80. The summed E-state index contributed by atoms with van der Waals surface area (Å²) in [7, 11) is 0. The first-order chi connectivity index (χ1) is 11.5. The summed E-state index contributed by atoms with van der Waals surface area (Å²) in [5.41, 5.74) is 1.15. The highest BCUT2D eigenvalue weighted by molar-refractivity contribution is 7.14. The van der Waals surface area contributed by atoms with Gasteiger partial charge in [-0.1, -0.05) is 26.2 Å². The lowest BCUT2D eigenvalue weighted by atomic mass is 9.78. The van der Waals surface area contributed by atoms with Gasteiger partial charge in [-0.15, -0.1) is 11.3 Å². The number of aryl methyl sites for hydroxylation is 2. The van der Waals surface area contributed by atoms with Gasteiger partial charge in [-0.25, -0.2) is 0 Å². The second kappa shape index (κ2) is 6.87. The van der Waals surface area contributed by atoms with Gasteiger partial charge in [0.1, 0.15) is 0 Å². The van der Waals surface area contributed by atoms with E-state index in [1.165, 1.54) is 16.9 Å². The first kappa shape index (κ1) is 17.5. The summed E-state index contributed by atoms with van der Waals surface area (Å²) in [6, 6.07) is 2.06. The lowest BCUT2D eigenvalue weighted by Crippen LogP contribution is -2.65. The van der Waals surface area contributed by atoms with Gasteiger partial charge in [-0.3, -0.25) is 9.59 Å². The number of rotatable bonds is 2. The Bertz CT molecular complexity index is 631. The van der Waals surface area contributed by atoms with Crippen molar-refractivity contribution in [2.75, 3.05) is 19.6 Å². The van der Waals surface area contributed by atoms with Gasteiger partial charge >= 0.3 is 0 Å². The zero-order valence-corrected chi connectivity index (χ0v) is 15.9. The van der Waals surface area contributed by atoms with Gasteiger partial charge in [0, 0.05) is 31.4 Å². The highest BCUT2D eigenvalue weighted by Crippen LogP contribution is 2.37. The number of piperazine rings is 1. The van der Waals surface area contributed by atoms with Crippen LogP contribution in [0.2, 0.25) is 0 Å². The average Bonchev–Trinajstić information content (AvgIpc) is 2.95. The van der Waals surface area contributed by atoms with Crippen LogP contribution in [0.5, 0.6) is 0 Å². The van der Waals surface area contributed by atoms with E-state index in [9.17, 15) is 9.59 Å². The number of nitrogens with zero attached hydrogens (tertiary/aromatic N) is 2. The van der Waals surface area contributed by atoms with Crippen LogP contribution in [0.15, 0.2) is 6.07 Å². The predicted octanol–water partition coefficient (Wildman–Crippen LogP) is 3.63. The van der Waals surface area contributed by atoms with Crippen molar-refractivity contribution in [1.82, 2.24) is 9.80 Å². The smallest absolute Gasteiger partial charge is 0.264 e. The fourth-order valence-corrected chi connectivity index (χ4v) is 5.49. The molecule has 0 aromatic carbocycles. The Morgan fingerprint density at radius 3 is 2.50 bits per heavy atom. The van der Waals surface area contributed by atoms with Gasteiger partial charge in [-0.2, -0.15) is 0 Å². The molecular weight excluding hydrogens is 320 g/mol. The maximum absolute atomic E-state index is 13.0. The fourth-order valence-electron chi connectivity index (χ4n) is 4.41. The molecule has 1 spiro atoms. The topological polar surface area (TPSA) is 40.6 Å². The van der Waals surface area contributed by atoms with Crippen LogP contribution < -0.4 is 0 Å². The van der Waals surface area contributed by atoms with Gasteiger partial charge in [0.25, 0.3) is 5.91 Å². The van der Waals surface area contributed by atoms with Crippen LogP contribution in [0.3, 0.4) is 0 Å². The third kappa shape index (κ3) is 3.10. The number of hydrogen-bond acceptors (Lipinski definition) is 3. The van der Waals surface area contributed by atoms with E-state index in [1.807, 2.05) is 9.80 Å². The predicted molar refractivity (Wildman–Crippen MR) is 97.5 cm³/mol. The maximum atomic E-state index is 13.0. The van der Waals surface area contributed by atoms with Crippen molar-refractivity contribution < 1.29 is 9.59 Å². The molecule has 4 nitrogen and oxygen atoms in total. The Labute approximate surface area is 148 Å². The van der Waals surface area contributed by atoms with E-state index in [0.717, 1.165) is 37.0 Å². The SMILES string of the molecule is CCc1cc(C(=O)N2CCN(C(C)=O)C3(CCCCC3)C2)sc1C. The lowest BCUT2D eigenvalue weighted by Gasteiger charge is -2.52. The van der Waals surface area contributed by atoms with E-state index in [4.69, 9.17) is 0 Å². The van der Waals surface area contributed by atoms with Crippen LogP contribution in [0, 0.1) is 6.92 Å². The Morgan fingerprint density at radius 2 is 1.92 bits per heavy atom. The molecule has 0 N–H and O–H groups in total. The summed E-state index contributed by atoms with van der Waals surface area (Å²) in [5.74, 6) is 0.306. The molecule has 0 atom stereocenters. The molecule has 1 saturated heterocycles. The molecule has 1 aliphatic carbocycles. The molecule has 3 rings (SSSR count). The van der Waals surface area contributed by atoms with Gasteiger partial charge in [0.15, 0.2) is 0 Å². The van der Waals surface area contributed by atoms with Gasteiger partial charge < -0.3 is 9.80 Å². The second-order valence-corrected chi connectivity index (χ2v) is 8.48. The van der Waals surface area contributed by atoms with Crippen molar-refractivity contribution >= 4 is 23.2 Å². The Morgan fingerprint density at radius 1 is 1.21 bits per heavy atom. The molecule has 1 aromatic heterocycles. The van der Waals surface area contributed by atoms with Crippen LogP contribution in [0.4, 0.5) is 0 Å². The number of carbonyl (C=O) groups excluding carboxylic acids is 2. The average molecular weight is 349 g/mol. The summed E-state index contributed by atoms with van der Waals surface area (Å²) < 4.78 is 0. The number of hydrogen-bond donors (Lipinski definition) is 0. The standard InChI is InChI=1S/C19H28N2O2S/c1-4-16-12-17(24-14(16)2)18(23)20-10-11-21(15(3)22)19(13-20)8-6-5-7-9-19/h12H,4-11,13H2,1-3H3. The molecule has 2 heterocycles. The van der Waals surface area contributed by atoms with E-state index in [-0.39, 0.29) is 17.4 Å². The third-order valence-electron chi connectivity index (χ3n) is 5.72. The minimum Gasteiger partial charge on any atom is -0.334 e. The van der Waals surface area contributed by atoms with E-state index in [1.54, 1.807) is 18.3 Å². The summed E-state index contributed by atoms with van der Waals surface area (Å²) >= 11 is 1.61. The van der Waals surface area contributed by atoms with Crippen LogP contribution in [-0.2, 0) is 11.2 Å². The van der Waals surface area contributed by atoms with Crippen LogP contribution in [-0.4, -0.2) is 46.8 Å². The molecular formula is C19H28N2O2S. The minimum absolute atomic E-state index is 0.127. The molecule has 1 aromatic rings. The molecule has 0 radical (unpaired) electrons. The highest BCUT2D eigenvalue weighted by atomic mass is 32.1. The molecule has 24 heavy (non-hydrogen) atoms. The Hall–Kier alpha value is -1.36. The summed E-state index contributed by atoms with van der Waals surface area (Å²) in [6.07, 6.45) is 6.58. The molecule has 0 bridgehead atoms. The molecule has 1 aliphatic heterocycles. The summed E-state index contributed by atoms with van der Waals surface area (Å²) in [5, 5.41) is 0. The second-order valence-electron chi connectivity index (χ2n) is 7.23. The summed E-state index contributed by atoms with van der Waals surface area (Å²) in [6.45, 7) is 7.92. The molecule has 1 saturated carbocycles. The van der Waals surface area contributed by atoms with Gasteiger partial charge in [-0.05, 0) is 37.8 Å². The first-order valence-corrected chi connectivity index (χ1v) is 9.95. The van der Waals surface area contributed by atoms with E-state index < -0.39 is 0 Å². The quantitative estimate of drug-likeness (QED) is 0.819. The number of carbonyl (C=O) groups is 2. The highest BCUT2D eigenvalue weighted by Gasteiger charge is 2.44. The Kier molecular flexibility index (Phi) is 5.00. The van der Waals surface area contributed by atoms with Crippen LogP contribution in [0.25, 0.3) is 0 Å². The lowest BCUT2D eigenvalue weighted by molar-refractivity contribution is -0.141.